The Morgan fingerprint density at radius 3 is 2.52 bits per heavy atom. The standard InChI is InChI=1S/C15H11Cl3N4O/c1-7-8(2)21(15(7)23)14-9(5-19)6-20-22(14)11-4-3-10(16)12(17)13(11)18/h3-4,6-8H,1-2H3/t7-,8-/m1/s1. The number of hydrogen-bond donors (Lipinski definition) is 0. The number of aromatic nitrogens is 2. The van der Waals surface area contributed by atoms with Gasteiger partial charge in [0.05, 0.1) is 32.9 Å². The highest BCUT2D eigenvalue weighted by Gasteiger charge is 2.44. The van der Waals surface area contributed by atoms with E-state index < -0.39 is 0 Å². The van der Waals surface area contributed by atoms with E-state index in [4.69, 9.17) is 34.8 Å². The van der Waals surface area contributed by atoms with E-state index in [2.05, 4.69) is 11.2 Å². The Morgan fingerprint density at radius 1 is 1.22 bits per heavy atom. The van der Waals surface area contributed by atoms with Crippen molar-refractivity contribution in [3.63, 3.8) is 0 Å². The van der Waals surface area contributed by atoms with Gasteiger partial charge in [-0.15, -0.1) is 0 Å². The topological polar surface area (TPSA) is 61.9 Å². The van der Waals surface area contributed by atoms with Gasteiger partial charge < -0.3 is 0 Å². The second-order valence-electron chi connectivity index (χ2n) is 5.34. The second kappa shape index (κ2) is 5.72. The van der Waals surface area contributed by atoms with Gasteiger partial charge in [-0.05, 0) is 19.1 Å². The van der Waals surface area contributed by atoms with Crippen LogP contribution in [0.25, 0.3) is 5.69 Å². The highest BCUT2D eigenvalue weighted by Crippen LogP contribution is 2.39. The molecule has 1 aromatic carbocycles. The number of anilines is 1. The van der Waals surface area contributed by atoms with Crippen molar-refractivity contribution in [2.75, 3.05) is 4.90 Å². The molecule has 0 unspecified atom stereocenters. The Morgan fingerprint density at radius 2 is 1.91 bits per heavy atom. The summed E-state index contributed by atoms with van der Waals surface area (Å²) in [6.07, 6.45) is 1.40. The predicted octanol–water partition coefficient (Wildman–Crippen LogP) is 4.08. The molecule has 0 bridgehead atoms. The van der Waals surface area contributed by atoms with Crippen LogP contribution >= 0.6 is 34.8 Å². The molecule has 23 heavy (non-hydrogen) atoms. The first-order valence-corrected chi connectivity index (χ1v) is 7.97. The molecule has 2 aromatic rings. The molecule has 1 saturated heterocycles. The summed E-state index contributed by atoms with van der Waals surface area (Å²) >= 11 is 18.3. The molecule has 1 amide bonds. The van der Waals surface area contributed by atoms with Crippen molar-refractivity contribution in [3.8, 4) is 11.8 Å². The lowest BCUT2D eigenvalue weighted by atomic mass is 9.90. The average Bonchev–Trinajstić information content (AvgIpc) is 2.95. The molecular weight excluding hydrogens is 359 g/mol. The Balaban J connectivity index is 2.20. The quantitative estimate of drug-likeness (QED) is 0.592. The van der Waals surface area contributed by atoms with Crippen LogP contribution < -0.4 is 4.90 Å². The van der Waals surface area contributed by atoms with Crippen molar-refractivity contribution < 1.29 is 4.79 Å². The van der Waals surface area contributed by atoms with Crippen LogP contribution in [0.4, 0.5) is 5.82 Å². The highest BCUT2D eigenvalue weighted by atomic mass is 35.5. The summed E-state index contributed by atoms with van der Waals surface area (Å²) in [6.45, 7) is 3.77. The van der Waals surface area contributed by atoms with Gasteiger partial charge in [0.15, 0.2) is 5.82 Å². The van der Waals surface area contributed by atoms with Gasteiger partial charge in [-0.2, -0.15) is 10.4 Å². The monoisotopic (exact) mass is 368 g/mol. The Labute approximate surface area is 148 Å². The van der Waals surface area contributed by atoms with Crippen LogP contribution in [0, 0.1) is 17.2 Å². The minimum absolute atomic E-state index is 0.0356. The van der Waals surface area contributed by atoms with Crippen molar-refractivity contribution in [1.82, 2.24) is 9.78 Å². The molecular formula is C15H11Cl3N4O. The van der Waals surface area contributed by atoms with Gasteiger partial charge in [-0.3, -0.25) is 9.69 Å². The van der Waals surface area contributed by atoms with Gasteiger partial charge >= 0.3 is 0 Å². The minimum Gasteiger partial charge on any atom is -0.292 e. The summed E-state index contributed by atoms with van der Waals surface area (Å²) in [5.41, 5.74) is 0.747. The van der Waals surface area contributed by atoms with Gasteiger partial charge in [-0.25, -0.2) is 4.68 Å². The molecule has 8 heteroatoms. The lowest BCUT2D eigenvalue weighted by molar-refractivity contribution is -0.129. The maximum absolute atomic E-state index is 12.2. The van der Waals surface area contributed by atoms with Crippen molar-refractivity contribution in [3.05, 3.63) is 39.0 Å². The fourth-order valence-electron chi connectivity index (χ4n) is 2.57. The molecule has 3 rings (SSSR count). The number of hydrogen-bond acceptors (Lipinski definition) is 3. The molecule has 0 saturated carbocycles. The molecule has 0 aliphatic carbocycles. The third-order valence-electron chi connectivity index (χ3n) is 4.09. The van der Waals surface area contributed by atoms with E-state index in [-0.39, 0.29) is 27.9 Å². The Hall–Kier alpha value is -1.74. The maximum Gasteiger partial charge on any atom is 0.233 e. The van der Waals surface area contributed by atoms with Gasteiger partial charge in [0.1, 0.15) is 11.6 Å². The summed E-state index contributed by atoms with van der Waals surface area (Å²) in [4.78, 5) is 13.8. The van der Waals surface area contributed by atoms with Crippen molar-refractivity contribution >= 4 is 46.5 Å². The number of carbonyl (C=O) groups excluding carboxylic acids is 1. The van der Waals surface area contributed by atoms with E-state index in [1.807, 2.05) is 13.8 Å². The smallest absolute Gasteiger partial charge is 0.233 e. The number of benzene rings is 1. The van der Waals surface area contributed by atoms with Crippen molar-refractivity contribution in [1.29, 1.82) is 5.26 Å². The normalized spacial score (nSPS) is 20.3. The zero-order valence-corrected chi connectivity index (χ0v) is 14.5. The van der Waals surface area contributed by atoms with E-state index >= 15 is 0 Å². The number of nitrogens with zero attached hydrogens (tertiary/aromatic N) is 4. The first-order chi connectivity index (χ1) is 10.9. The van der Waals surface area contributed by atoms with E-state index in [0.29, 0.717) is 22.1 Å². The first kappa shape index (κ1) is 16.1. The fraction of sp³-hybridized carbons (Fsp3) is 0.267. The number of rotatable bonds is 2. The lowest BCUT2D eigenvalue weighted by Crippen LogP contribution is -2.59. The SMILES string of the molecule is C[C@@H]1[C@@H](C)C(=O)N1c1c(C#N)cnn1-c1ccc(Cl)c(Cl)c1Cl. The minimum atomic E-state index is -0.103. The molecule has 1 aliphatic heterocycles. The van der Waals surface area contributed by atoms with E-state index in [1.54, 1.807) is 17.0 Å². The van der Waals surface area contributed by atoms with Crippen LogP contribution in [-0.2, 0) is 4.79 Å². The lowest BCUT2D eigenvalue weighted by Gasteiger charge is -2.43. The number of carbonyl (C=O) groups is 1. The van der Waals surface area contributed by atoms with E-state index in [0.717, 1.165) is 0 Å². The molecule has 0 radical (unpaired) electrons. The van der Waals surface area contributed by atoms with Crippen LogP contribution in [-0.4, -0.2) is 21.7 Å². The van der Waals surface area contributed by atoms with E-state index in [9.17, 15) is 10.1 Å². The summed E-state index contributed by atoms with van der Waals surface area (Å²) < 4.78 is 1.45. The number of nitriles is 1. The molecule has 118 valence electrons. The van der Waals surface area contributed by atoms with Gasteiger partial charge in [-0.1, -0.05) is 41.7 Å². The zero-order chi connectivity index (χ0) is 16.9. The van der Waals surface area contributed by atoms with Crippen molar-refractivity contribution in [2.45, 2.75) is 19.9 Å². The second-order valence-corrected chi connectivity index (χ2v) is 6.50. The number of halogens is 3. The predicted molar refractivity (Wildman–Crippen MR) is 89.4 cm³/mol. The molecule has 2 heterocycles. The Bertz CT molecular complexity index is 855. The summed E-state index contributed by atoms with van der Waals surface area (Å²) in [5, 5.41) is 14.3. The average molecular weight is 370 g/mol. The molecule has 1 fully saturated rings. The molecule has 0 N–H and O–H groups in total. The first-order valence-electron chi connectivity index (χ1n) is 6.83. The third-order valence-corrected chi connectivity index (χ3v) is 5.38. The van der Waals surface area contributed by atoms with Crippen LogP contribution in [0.5, 0.6) is 0 Å². The third kappa shape index (κ3) is 2.29. The molecule has 1 aromatic heterocycles. The Kier molecular flexibility index (Phi) is 4.01. The fourth-order valence-corrected chi connectivity index (χ4v) is 3.18. The molecule has 1 aliphatic rings. The van der Waals surface area contributed by atoms with Crippen LogP contribution in [0.15, 0.2) is 18.3 Å². The van der Waals surface area contributed by atoms with Crippen LogP contribution in [0.3, 0.4) is 0 Å². The highest BCUT2D eigenvalue weighted by molar-refractivity contribution is 6.48. The summed E-state index contributed by atoms with van der Waals surface area (Å²) in [7, 11) is 0. The molecule has 5 nitrogen and oxygen atoms in total. The molecule has 0 spiro atoms. The van der Waals surface area contributed by atoms with Gasteiger partial charge in [0.25, 0.3) is 0 Å². The molecule has 2 atom stereocenters. The van der Waals surface area contributed by atoms with Crippen LogP contribution in [0.1, 0.15) is 19.4 Å². The van der Waals surface area contributed by atoms with Crippen molar-refractivity contribution in [2.24, 2.45) is 5.92 Å². The number of β-lactam (4-membered cyclic amide) rings is 1. The van der Waals surface area contributed by atoms with Gasteiger partial charge in [0, 0.05) is 6.04 Å². The van der Waals surface area contributed by atoms with Gasteiger partial charge in [0.2, 0.25) is 5.91 Å². The maximum atomic E-state index is 12.2. The summed E-state index contributed by atoms with van der Waals surface area (Å²) in [6, 6.07) is 5.26. The zero-order valence-electron chi connectivity index (χ0n) is 12.2. The van der Waals surface area contributed by atoms with E-state index in [1.165, 1.54) is 10.9 Å². The number of amides is 1. The summed E-state index contributed by atoms with van der Waals surface area (Å²) in [5.74, 6) is 0.226. The largest absolute Gasteiger partial charge is 0.292 e. The van der Waals surface area contributed by atoms with Crippen LogP contribution in [0.2, 0.25) is 15.1 Å².